The summed E-state index contributed by atoms with van der Waals surface area (Å²) < 4.78 is 47.4. The third-order valence-electron chi connectivity index (χ3n) is 3.98. The van der Waals surface area contributed by atoms with Gasteiger partial charge in [0, 0.05) is 5.02 Å². The number of esters is 1. The van der Waals surface area contributed by atoms with Gasteiger partial charge in [0.1, 0.15) is 0 Å². The summed E-state index contributed by atoms with van der Waals surface area (Å²) in [5, 5.41) is 3.43. The number of aromatic nitrogens is 1. The molecule has 2 aromatic carbocycles. The Morgan fingerprint density at radius 2 is 1.83 bits per heavy atom. The van der Waals surface area contributed by atoms with Crippen molar-refractivity contribution in [2.24, 2.45) is 0 Å². The lowest BCUT2D eigenvalue weighted by molar-refractivity contribution is -0.203. The van der Waals surface area contributed by atoms with Crippen LogP contribution in [0.2, 0.25) is 10.0 Å². The first-order chi connectivity index (χ1) is 14.1. The lowest BCUT2D eigenvalue weighted by Gasteiger charge is -2.34. The van der Waals surface area contributed by atoms with Gasteiger partial charge in [0.2, 0.25) is 0 Å². The Bertz CT molecular complexity index is 1090. The Morgan fingerprint density at radius 3 is 2.43 bits per heavy atom. The normalized spacial score (nSPS) is 13.5. The Hall–Kier alpha value is -2.56. The van der Waals surface area contributed by atoms with Crippen LogP contribution in [0.3, 0.4) is 0 Å². The van der Waals surface area contributed by atoms with Gasteiger partial charge >= 0.3 is 17.8 Å². The quantitative estimate of drug-likeness (QED) is 0.404. The monoisotopic (exact) mass is 477 g/mol. The topological polar surface area (TPSA) is 80.3 Å². The number of amides is 1. The number of thiazole rings is 1. The number of fused-ring (bicyclic) bond motifs is 1. The van der Waals surface area contributed by atoms with Gasteiger partial charge in [-0.15, -0.1) is 0 Å². The highest BCUT2D eigenvalue weighted by molar-refractivity contribution is 7.22. The number of nitrogens with one attached hydrogen (secondary N) is 2. The van der Waals surface area contributed by atoms with Gasteiger partial charge in [0.05, 0.1) is 27.9 Å². The van der Waals surface area contributed by atoms with E-state index in [1.807, 2.05) is 5.32 Å². The van der Waals surface area contributed by atoms with Gasteiger partial charge in [-0.25, -0.2) is 9.78 Å². The summed E-state index contributed by atoms with van der Waals surface area (Å²) in [5.74, 6) is -3.05. The van der Waals surface area contributed by atoms with Crippen molar-refractivity contribution in [1.82, 2.24) is 10.3 Å². The molecule has 0 saturated heterocycles. The van der Waals surface area contributed by atoms with Crippen LogP contribution in [0.1, 0.15) is 10.4 Å². The summed E-state index contributed by atoms with van der Waals surface area (Å²) in [5.41, 5.74) is -3.52. The predicted molar refractivity (Wildman–Crippen MR) is 108 cm³/mol. The molecule has 1 heterocycles. The molecular formula is C18H12Cl2F3N3O3S. The minimum Gasteiger partial charge on any atom is -0.466 e. The van der Waals surface area contributed by atoms with Gasteiger partial charge in [-0.05, 0) is 30.3 Å². The van der Waals surface area contributed by atoms with Gasteiger partial charge in [-0.2, -0.15) is 13.2 Å². The number of hydrogen-bond donors (Lipinski definition) is 2. The first-order valence-electron chi connectivity index (χ1n) is 8.14. The smallest absolute Gasteiger partial charge is 0.442 e. The largest absolute Gasteiger partial charge is 0.466 e. The van der Waals surface area contributed by atoms with Crippen molar-refractivity contribution in [3.8, 4) is 0 Å². The lowest BCUT2D eigenvalue weighted by atomic mass is 10.1. The zero-order chi connectivity index (χ0) is 22.1. The fourth-order valence-electron chi connectivity index (χ4n) is 2.54. The summed E-state index contributed by atoms with van der Waals surface area (Å²) in [6.45, 7) is 0. The molecular weight excluding hydrogens is 466 g/mol. The Balaban J connectivity index is 2.06. The maximum atomic E-state index is 14.1. The van der Waals surface area contributed by atoms with Crippen molar-refractivity contribution in [1.29, 1.82) is 0 Å². The number of para-hydroxylation sites is 1. The van der Waals surface area contributed by atoms with E-state index in [4.69, 9.17) is 23.2 Å². The fourth-order valence-corrected chi connectivity index (χ4v) is 3.96. The fraction of sp³-hybridized carbons (Fsp3) is 0.167. The summed E-state index contributed by atoms with van der Waals surface area (Å²) in [6.07, 6.45) is -5.30. The molecule has 1 aromatic heterocycles. The van der Waals surface area contributed by atoms with Gasteiger partial charge in [0.25, 0.3) is 5.91 Å². The van der Waals surface area contributed by atoms with Crippen LogP contribution < -0.4 is 10.6 Å². The number of halogens is 5. The van der Waals surface area contributed by atoms with E-state index >= 15 is 0 Å². The van der Waals surface area contributed by atoms with E-state index in [2.05, 4.69) is 9.72 Å². The van der Waals surface area contributed by atoms with Crippen molar-refractivity contribution < 1.29 is 27.5 Å². The molecule has 2 N–H and O–H groups in total. The Labute approximate surface area is 181 Å². The number of anilines is 1. The van der Waals surface area contributed by atoms with Crippen molar-refractivity contribution in [2.75, 3.05) is 12.4 Å². The van der Waals surface area contributed by atoms with Crippen LogP contribution in [0.25, 0.3) is 10.2 Å². The number of hydrogen-bond acceptors (Lipinski definition) is 6. The maximum absolute atomic E-state index is 14.1. The van der Waals surface area contributed by atoms with E-state index in [-0.39, 0.29) is 20.7 Å². The van der Waals surface area contributed by atoms with Gasteiger partial charge in [-0.3, -0.25) is 4.79 Å². The highest BCUT2D eigenvalue weighted by Gasteiger charge is 2.64. The molecule has 0 radical (unpaired) electrons. The molecule has 3 rings (SSSR count). The molecule has 12 heteroatoms. The molecule has 0 fully saturated rings. The second kappa shape index (κ2) is 8.29. The van der Waals surface area contributed by atoms with Crippen LogP contribution in [0.5, 0.6) is 0 Å². The molecule has 0 aliphatic heterocycles. The van der Waals surface area contributed by atoms with Crippen molar-refractivity contribution in [2.45, 2.75) is 11.8 Å². The molecule has 158 valence electrons. The first-order valence-corrected chi connectivity index (χ1v) is 9.71. The Morgan fingerprint density at radius 1 is 1.13 bits per heavy atom. The zero-order valence-corrected chi connectivity index (χ0v) is 17.3. The van der Waals surface area contributed by atoms with E-state index < -0.39 is 23.7 Å². The molecule has 1 unspecified atom stereocenters. The molecule has 3 aromatic rings. The number of methoxy groups -OCH3 is 1. The number of carbonyl (C=O) groups excluding carboxylic acids is 2. The number of alkyl halides is 3. The molecule has 30 heavy (non-hydrogen) atoms. The van der Waals surface area contributed by atoms with Crippen LogP contribution in [0, 0.1) is 0 Å². The first kappa shape index (κ1) is 22.1. The third-order valence-corrected chi connectivity index (χ3v) is 5.48. The van der Waals surface area contributed by atoms with Crippen molar-refractivity contribution in [3.05, 3.63) is 58.1 Å². The number of rotatable bonds is 5. The van der Waals surface area contributed by atoms with Gasteiger partial charge in [0.15, 0.2) is 5.13 Å². The third kappa shape index (κ3) is 4.16. The highest BCUT2D eigenvalue weighted by atomic mass is 35.5. The molecule has 6 nitrogen and oxygen atoms in total. The maximum Gasteiger partial charge on any atom is 0.442 e. The molecule has 0 spiro atoms. The minimum atomic E-state index is -5.30. The number of ether oxygens (including phenoxy) is 1. The molecule has 0 aliphatic rings. The minimum absolute atomic E-state index is 0.180. The Kier molecular flexibility index (Phi) is 6.11. The van der Waals surface area contributed by atoms with E-state index in [9.17, 15) is 22.8 Å². The highest BCUT2D eigenvalue weighted by Crippen LogP contribution is 2.36. The standard InChI is InChI=1S/C18H12Cl2F3N3O3S/c1-29-15(28)17(18(21,22)23,25-14(27)10-7-6-9(19)8-11(10)20)26-16-24-12-4-2-3-5-13(12)30-16/h2-8H,1H3,(H,24,26)(H,25,27). The van der Waals surface area contributed by atoms with Crippen molar-refractivity contribution in [3.63, 3.8) is 0 Å². The average Bonchev–Trinajstić information content (AvgIpc) is 3.07. The van der Waals surface area contributed by atoms with Gasteiger partial charge < -0.3 is 15.4 Å². The lowest BCUT2D eigenvalue weighted by Crippen LogP contribution is -2.69. The summed E-state index contributed by atoms with van der Waals surface area (Å²) >= 11 is 12.5. The summed E-state index contributed by atoms with van der Waals surface area (Å²) in [4.78, 5) is 29.0. The van der Waals surface area contributed by atoms with E-state index in [0.717, 1.165) is 24.5 Å². The van der Waals surface area contributed by atoms with Gasteiger partial charge in [-0.1, -0.05) is 46.7 Å². The van der Waals surface area contributed by atoms with Crippen LogP contribution >= 0.6 is 34.5 Å². The second-order valence-corrected chi connectivity index (χ2v) is 7.80. The summed E-state index contributed by atoms with van der Waals surface area (Å²) in [6, 6.07) is 10.2. The average molecular weight is 478 g/mol. The van der Waals surface area contributed by atoms with Crippen LogP contribution in [-0.4, -0.2) is 35.8 Å². The predicted octanol–water partition coefficient (Wildman–Crippen LogP) is 4.88. The zero-order valence-electron chi connectivity index (χ0n) is 15.0. The van der Waals surface area contributed by atoms with Crippen LogP contribution in [0.15, 0.2) is 42.5 Å². The molecule has 0 aliphatic carbocycles. The second-order valence-electron chi connectivity index (χ2n) is 5.93. The molecule has 1 amide bonds. The van der Waals surface area contributed by atoms with E-state index in [1.54, 1.807) is 29.6 Å². The number of benzene rings is 2. The van der Waals surface area contributed by atoms with E-state index in [0.29, 0.717) is 10.2 Å². The van der Waals surface area contributed by atoms with Crippen LogP contribution in [0.4, 0.5) is 18.3 Å². The SMILES string of the molecule is COC(=O)C(NC(=O)c1ccc(Cl)cc1Cl)(Nc1nc2ccccc2s1)C(F)(F)F. The molecule has 0 saturated carbocycles. The van der Waals surface area contributed by atoms with Crippen LogP contribution in [-0.2, 0) is 9.53 Å². The summed E-state index contributed by atoms with van der Waals surface area (Å²) in [7, 11) is 0.768. The molecule has 1 atom stereocenters. The number of nitrogens with zero attached hydrogens (tertiary/aromatic N) is 1. The van der Waals surface area contributed by atoms with Crippen molar-refractivity contribution >= 4 is 61.8 Å². The number of carbonyl (C=O) groups is 2. The molecule has 0 bridgehead atoms. The van der Waals surface area contributed by atoms with E-state index in [1.165, 1.54) is 12.1 Å².